The zero-order chi connectivity index (χ0) is 21.6. The van der Waals surface area contributed by atoms with E-state index in [1.54, 1.807) is 10.9 Å². The standard InChI is InChI=1S/C23H32N6O2/c1-18(22(30)26-20-7-2-3-8-20)27-12-14-28(15-13-27)23(31)24-17-19-6-4-9-21(16-19)29-11-5-10-25-29/h4-6,9-11,16,18,20H,2-3,7-8,12-15,17H2,1H3,(H,24,31)(H,26,30). The van der Waals surface area contributed by atoms with Gasteiger partial charge in [-0.1, -0.05) is 25.0 Å². The van der Waals surface area contributed by atoms with Crippen LogP contribution < -0.4 is 10.6 Å². The van der Waals surface area contributed by atoms with Crippen molar-refractivity contribution >= 4 is 11.9 Å². The highest BCUT2D eigenvalue weighted by Crippen LogP contribution is 2.18. The summed E-state index contributed by atoms with van der Waals surface area (Å²) in [7, 11) is 0. The Labute approximate surface area is 183 Å². The highest BCUT2D eigenvalue weighted by molar-refractivity contribution is 5.81. The number of urea groups is 1. The van der Waals surface area contributed by atoms with Gasteiger partial charge in [0.2, 0.25) is 5.91 Å². The molecule has 8 heteroatoms. The van der Waals surface area contributed by atoms with E-state index in [2.05, 4.69) is 20.6 Å². The van der Waals surface area contributed by atoms with Crippen LogP contribution in [-0.4, -0.2) is 69.8 Å². The molecular weight excluding hydrogens is 392 g/mol. The summed E-state index contributed by atoms with van der Waals surface area (Å²) >= 11 is 0. The number of hydrogen-bond acceptors (Lipinski definition) is 4. The highest BCUT2D eigenvalue weighted by atomic mass is 16.2. The lowest BCUT2D eigenvalue weighted by molar-refractivity contribution is -0.127. The molecule has 8 nitrogen and oxygen atoms in total. The average Bonchev–Trinajstić information content (AvgIpc) is 3.52. The molecule has 0 spiro atoms. The molecule has 1 saturated heterocycles. The molecule has 1 saturated carbocycles. The monoisotopic (exact) mass is 424 g/mol. The summed E-state index contributed by atoms with van der Waals surface area (Å²) in [4.78, 5) is 29.2. The molecular formula is C23H32N6O2. The fraction of sp³-hybridized carbons (Fsp3) is 0.522. The molecule has 4 rings (SSSR count). The van der Waals surface area contributed by atoms with Gasteiger partial charge in [0.1, 0.15) is 0 Å². The van der Waals surface area contributed by atoms with Crippen LogP contribution in [0, 0.1) is 0 Å². The summed E-state index contributed by atoms with van der Waals surface area (Å²) in [6, 6.07) is 9.98. The van der Waals surface area contributed by atoms with Crippen molar-refractivity contribution in [2.24, 2.45) is 0 Å². The normalized spacial score (nSPS) is 18.7. The molecule has 2 fully saturated rings. The summed E-state index contributed by atoms with van der Waals surface area (Å²) in [6.07, 6.45) is 8.25. The second kappa shape index (κ2) is 9.96. The van der Waals surface area contributed by atoms with Crippen molar-refractivity contribution < 1.29 is 9.59 Å². The van der Waals surface area contributed by atoms with Crippen LogP contribution in [0.1, 0.15) is 38.2 Å². The molecule has 2 N–H and O–H groups in total. The minimum Gasteiger partial charge on any atom is -0.352 e. The number of nitrogens with one attached hydrogen (secondary N) is 2. The van der Waals surface area contributed by atoms with Crippen LogP contribution in [0.2, 0.25) is 0 Å². The lowest BCUT2D eigenvalue weighted by Crippen LogP contribution is -2.57. The Morgan fingerprint density at radius 1 is 1.13 bits per heavy atom. The molecule has 2 aromatic rings. The summed E-state index contributed by atoms with van der Waals surface area (Å²) in [5.74, 6) is 0.113. The van der Waals surface area contributed by atoms with Gasteiger partial charge in [0, 0.05) is 51.2 Å². The maximum atomic E-state index is 12.6. The van der Waals surface area contributed by atoms with E-state index in [0.29, 0.717) is 38.8 Å². The largest absolute Gasteiger partial charge is 0.352 e. The van der Waals surface area contributed by atoms with Crippen LogP contribution in [0.4, 0.5) is 4.79 Å². The van der Waals surface area contributed by atoms with E-state index in [-0.39, 0.29) is 18.0 Å². The molecule has 1 atom stereocenters. The van der Waals surface area contributed by atoms with E-state index >= 15 is 0 Å². The van der Waals surface area contributed by atoms with Crippen LogP contribution in [-0.2, 0) is 11.3 Å². The summed E-state index contributed by atoms with van der Waals surface area (Å²) < 4.78 is 1.80. The van der Waals surface area contributed by atoms with Crippen molar-refractivity contribution in [2.45, 2.75) is 51.2 Å². The number of benzene rings is 1. The predicted octanol–water partition coefficient (Wildman–Crippen LogP) is 2.15. The smallest absolute Gasteiger partial charge is 0.317 e. The molecule has 1 aliphatic carbocycles. The Kier molecular flexibility index (Phi) is 6.86. The molecule has 1 unspecified atom stereocenters. The topological polar surface area (TPSA) is 82.5 Å². The number of rotatable bonds is 6. The first-order valence-corrected chi connectivity index (χ1v) is 11.3. The predicted molar refractivity (Wildman–Crippen MR) is 119 cm³/mol. The van der Waals surface area contributed by atoms with E-state index in [1.807, 2.05) is 48.4 Å². The van der Waals surface area contributed by atoms with Gasteiger partial charge >= 0.3 is 6.03 Å². The number of carbonyl (C=O) groups excluding carboxylic acids is 2. The van der Waals surface area contributed by atoms with Gasteiger partial charge in [-0.25, -0.2) is 9.48 Å². The van der Waals surface area contributed by atoms with Crippen LogP contribution in [0.15, 0.2) is 42.7 Å². The number of piperazine rings is 1. The van der Waals surface area contributed by atoms with Crippen molar-refractivity contribution in [3.63, 3.8) is 0 Å². The second-order valence-electron chi connectivity index (χ2n) is 8.47. The Hall–Kier alpha value is -2.87. The molecule has 166 valence electrons. The maximum Gasteiger partial charge on any atom is 0.317 e. The van der Waals surface area contributed by atoms with Gasteiger partial charge < -0.3 is 15.5 Å². The van der Waals surface area contributed by atoms with Crippen molar-refractivity contribution in [2.75, 3.05) is 26.2 Å². The number of amides is 3. The molecule has 1 aliphatic heterocycles. The van der Waals surface area contributed by atoms with Crippen molar-refractivity contribution in [1.82, 2.24) is 30.2 Å². The number of nitrogens with zero attached hydrogens (tertiary/aromatic N) is 4. The first-order valence-electron chi connectivity index (χ1n) is 11.3. The Morgan fingerprint density at radius 3 is 2.61 bits per heavy atom. The minimum atomic E-state index is -0.157. The van der Waals surface area contributed by atoms with Crippen molar-refractivity contribution in [1.29, 1.82) is 0 Å². The van der Waals surface area contributed by atoms with E-state index < -0.39 is 0 Å². The Bertz CT molecular complexity index is 870. The number of hydrogen-bond donors (Lipinski definition) is 2. The zero-order valence-corrected chi connectivity index (χ0v) is 18.2. The van der Waals surface area contributed by atoms with E-state index in [0.717, 1.165) is 24.1 Å². The van der Waals surface area contributed by atoms with Crippen LogP contribution in [0.25, 0.3) is 5.69 Å². The van der Waals surface area contributed by atoms with Gasteiger partial charge in [-0.05, 0) is 43.5 Å². The summed E-state index contributed by atoms with van der Waals surface area (Å²) in [5.41, 5.74) is 1.99. The molecule has 1 aromatic carbocycles. The summed E-state index contributed by atoms with van der Waals surface area (Å²) in [5, 5.41) is 10.4. The third kappa shape index (κ3) is 5.44. The summed E-state index contributed by atoms with van der Waals surface area (Å²) in [6.45, 7) is 5.10. The molecule has 31 heavy (non-hydrogen) atoms. The minimum absolute atomic E-state index is 0.0628. The van der Waals surface area contributed by atoms with Gasteiger partial charge in [-0.15, -0.1) is 0 Å². The van der Waals surface area contributed by atoms with Gasteiger partial charge in [0.05, 0.1) is 11.7 Å². The number of aromatic nitrogens is 2. The van der Waals surface area contributed by atoms with Gasteiger partial charge in [-0.2, -0.15) is 5.10 Å². The number of carbonyl (C=O) groups is 2. The second-order valence-corrected chi connectivity index (χ2v) is 8.47. The van der Waals surface area contributed by atoms with Gasteiger partial charge in [0.25, 0.3) is 0 Å². The van der Waals surface area contributed by atoms with E-state index in [4.69, 9.17) is 0 Å². The molecule has 2 heterocycles. The van der Waals surface area contributed by atoms with Crippen LogP contribution >= 0.6 is 0 Å². The first kappa shape index (κ1) is 21.4. The quantitative estimate of drug-likeness (QED) is 0.744. The fourth-order valence-corrected chi connectivity index (χ4v) is 4.39. The SMILES string of the molecule is CC(C(=O)NC1CCCC1)N1CCN(C(=O)NCc2cccc(-n3cccn3)c2)CC1. The molecule has 2 aliphatic rings. The van der Waals surface area contributed by atoms with E-state index in [1.165, 1.54) is 12.8 Å². The van der Waals surface area contributed by atoms with Crippen LogP contribution in [0.5, 0.6) is 0 Å². The van der Waals surface area contributed by atoms with Gasteiger partial charge in [-0.3, -0.25) is 9.69 Å². The van der Waals surface area contributed by atoms with E-state index in [9.17, 15) is 9.59 Å². The molecule has 1 aromatic heterocycles. The van der Waals surface area contributed by atoms with Crippen molar-refractivity contribution in [3.8, 4) is 5.69 Å². The zero-order valence-electron chi connectivity index (χ0n) is 18.2. The Morgan fingerprint density at radius 2 is 1.90 bits per heavy atom. The molecule has 3 amide bonds. The molecule has 0 bridgehead atoms. The third-order valence-corrected chi connectivity index (χ3v) is 6.35. The first-order chi connectivity index (χ1) is 15.1. The van der Waals surface area contributed by atoms with Gasteiger partial charge in [0.15, 0.2) is 0 Å². The lowest BCUT2D eigenvalue weighted by Gasteiger charge is -2.37. The maximum absolute atomic E-state index is 12.6. The lowest BCUT2D eigenvalue weighted by atomic mass is 10.2. The van der Waals surface area contributed by atoms with Crippen LogP contribution in [0.3, 0.4) is 0 Å². The highest BCUT2D eigenvalue weighted by Gasteiger charge is 2.29. The molecule has 0 radical (unpaired) electrons. The third-order valence-electron chi connectivity index (χ3n) is 6.35. The van der Waals surface area contributed by atoms with Crippen molar-refractivity contribution in [3.05, 3.63) is 48.3 Å². The average molecular weight is 425 g/mol. The fourth-order valence-electron chi connectivity index (χ4n) is 4.39. The Balaban J connectivity index is 1.22.